The number of fused-ring (bicyclic) bond motifs is 2. The summed E-state index contributed by atoms with van der Waals surface area (Å²) in [4.78, 5) is 12.8. The maximum Gasteiger partial charge on any atom is 0.416 e. The molecule has 2 rings (SSSR count). The van der Waals surface area contributed by atoms with Gasteiger partial charge in [0.1, 0.15) is 6.10 Å². The molecule has 0 spiro atoms. The number of rotatable bonds is 11. The largest absolute Gasteiger partial charge is 0.459 e. The highest BCUT2D eigenvalue weighted by Crippen LogP contribution is 2.27. The molecule has 0 aromatic heterocycles. The van der Waals surface area contributed by atoms with Crippen LogP contribution in [0, 0.1) is 0 Å². The zero-order valence-corrected chi connectivity index (χ0v) is 36.4. The van der Waals surface area contributed by atoms with E-state index in [1.807, 2.05) is 19.1 Å². The first-order valence-electron chi connectivity index (χ1n) is 21.5. The van der Waals surface area contributed by atoms with Crippen LogP contribution in [0.4, 0.5) is 0 Å². The minimum Gasteiger partial charge on any atom is -0.459 e. The Morgan fingerprint density at radius 1 is 0.732 bits per heavy atom. The Balaban J connectivity index is 1.96. The summed E-state index contributed by atoms with van der Waals surface area (Å²) in [5, 5.41) is 0. The Morgan fingerprint density at radius 3 is 1.73 bits per heavy atom. The molecule has 2 aliphatic heterocycles. The predicted octanol–water partition coefficient (Wildman–Crippen LogP) is 10.2. The number of cyclic esters (lactones) is 1. The predicted molar refractivity (Wildman–Crippen MR) is 217 cm³/mol. The van der Waals surface area contributed by atoms with Crippen molar-refractivity contribution in [1.82, 2.24) is 0 Å². The molecule has 2 aliphatic rings. The number of esters is 1. The molecule has 56 heavy (non-hydrogen) atoms. The van der Waals surface area contributed by atoms with E-state index in [-0.39, 0.29) is 12.8 Å². The van der Waals surface area contributed by atoms with Crippen LogP contribution >= 0.6 is 0 Å². The van der Waals surface area contributed by atoms with E-state index >= 15 is 0 Å². The number of carbonyl (C=O) groups excluding carboxylic acids is 1. The Kier molecular flexibility index (Phi) is 27.0. The van der Waals surface area contributed by atoms with Gasteiger partial charge in [-0.25, -0.2) is 17.3 Å². The third-order valence-electron chi connectivity index (χ3n) is 10.4. The van der Waals surface area contributed by atoms with E-state index in [1.54, 1.807) is 0 Å². The standard InChI is InChI=1S/C40H72O13S3/c1-2-3-4-5-14-20-25-30-37(50-54(42,43)44)34-36-29-24-19-15-11-9-12-17-22-27-32-39-35-38(51-55(45,46)53-56(47,48)52-39)31-26-21-16-10-7-6-8-13-18-23-28-33-40(41)49-36/h2-3,28,33,36-39H,4-27,29-32,34-35H2,1H3,(H,42,43,44)/b3-2+,33-28+/t36-,37-,38+,39-/m0/s1. The summed E-state index contributed by atoms with van der Waals surface area (Å²) in [5.41, 5.74) is 0. The maximum absolute atomic E-state index is 12.8. The first kappa shape index (κ1) is 50.7. The van der Waals surface area contributed by atoms with Gasteiger partial charge in [0.25, 0.3) is 0 Å². The summed E-state index contributed by atoms with van der Waals surface area (Å²) in [6.45, 7) is 1.99. The van der Waals surface area contributed by atoms with Crippen molar-refractivity contribution in [3.05, 3.63) is 24.3 Å². The van der Waals surface area contributed by atoms with Crippen molar-refractivity contribution in [3.63, 3.8) is 0 Å². The van der Waals surface area contributed by atoms with Gasteiger partial charge in [0.2, 0.25) is 0 Å². The molecule has 0 aromatic rings. The normalized spacial score (nSPS) is 26.9. The molecule has 0 aliphatic carbocycles. The summed E-state index contributed by atoms with van der Waals surface area (Å²) >= 11 is 0. The van der Waals surface area contributed by atoms with Gasteiger partial charge in [0.15, 0.2) is 0 Å². The summed E-state index contributed by atoms with van der Waals surface area (Å²) in [7, 11) is -14.1. The first-order chi connectivity index (χ1) is 26.8. The second-order valence-electron chi connectivity index (χ2n) is 15.5. The molecule has 2 heterocycles. The van der Waals surface area contributed by atoms with Gasteiger partial charge in [-0.3, -0.25) is 4.55 Å². The molecule has 4 atom stereocenters. The van der Waals surface area contributed by atoms with Gasteiger partial charge in [-0.2, -0.15) is 25.3 Å². The molecule has 0 radical (unpaired) electrons. The van der Waals surface area contributed by atoms with Crippen LogP contribution in [-0.4, -0.2) is 60.2 Å². The van der Waals surface area contributed by atoms with Gasteiger partial charge in [0, 0.05) is 18.9 Å². The molecule has 1 saturated heterocycles. The van der Waals surface area contributed by atoms with Crippen molar-refractivity contribution in [2.75, 3.05) is 0 Å². The number of hydrogen-bond donors (Lipinski definition) is 1. The van der Waals surface area contributed by atoms with Crippen LogP contribution in [-0.2, 0) is 56.9 Å². The zero-order valence-electron chi connectivity index (χ0n) is 33.9. The zero-order chi connectivity index (χ0) is 41.0. The van der Waals surface area contributed by atoms with E-state index in [0.717, 1.165) is 154 Å². The lowest BCUT2D eigenvalue weighted by Gasteiger charge is -2.25. The van der Waals surface area contributed by atoms with Gasteiger partial charge in [-0.05, 0) is 64.7 Å². The Morgan fingerprint density at radius 2 is 1.21 bits per heavy atom. The van der Waals surface area contributed by atoms with Gasteiger partial charge in [0.05, 0.1) is 18.3 Å². The molecule has 0 unspecified atom stereocenters. The van der Waals surface area contributed by atoms with E-state index < -0.39 is 61.6 Å². The molecule has 328 valence electrons. The molecule has 0 saturated carbocycles. The second kappa shape index (κ2) is 29.8. The Labute approximate surface area is 339 Å². The molecule has 2 bridgehead atoms. The van der Waals surface area contributed by atoms with E-state index in [1.165, 1.54) is 6.08 Å². The summed E-state index contributed by atoms with van der Waals surface area (Å²) < 4.78 is 107. The fraction of sp³-hybridized carbons (Fsp3) is 0.875. The first-order valence-corrected chi connectivity index (χ1v) is 25.5. The van der Waals surface area contributed by atoms with Gasteiger partial charge < -0.3 is 4.74 Å². The van der Waals surface area contributed by atoms with Crippen molar-refractivity contribution in [3.8, 4) is 0 Å². The lowest BCUT2D eigenvalue weighted by molar-refractivity contribution is -0.144. The minimum atomic E-state index is -4.74. The molecule has 1 fully saturated rings. The number of carbonyl (C=O) groups is 1. The highest BCUT2D eigenvalue weighted by Gasteiger charge is 2.35. The molecule has 13 nitrogen and oxygen atoms in total. The van der Waals surface area contributed by atoms with Crippen molar-refractivity contribution < 1.29 is 55.5 Å². The lowest BCUT2D eigenvalue weighted by atomic mass is 9.99. The van der Waals surface area contributed by atoms with Crippen LogP contribution in [0.3, 0.4) is 0 Å². The Hall–Kier alpha value is -1.40. The molecule has 1 N–H and O–H groups in total. The summed E-state index contributed by atoms with van der Waals surface area (Å²) in [6.07, 6.45) is 29.9. The highest BCUT2D eigenvalue weighted by molar-refractivity contribution is 7.95. The number of unbranched alkanes of at least 4 members (excludes halogenated alkanes) is 4. The average Bonchev–Trinajstić information content (AvgIpc) is 3.09. The van der Waals surface area contributed by atoms with Crippen LogP contribution in [0.5, 0.6) is 0 Å². The van der Waals surface area contributed by atoms with Gasteiger partial charge >= 0.3 is 37.2 Å². The smallest absolute Gasteiger partial charge is 0.416 e. The van der Waals surface area contributed by atoms with E-state index in [2.05, 4.69) is 9.71 Å². The van der Waals surface area contributed by atoms with Crippen LogP contribution in [0.25, 0.3) is 0 Å². The molecule has 0 aromatic carbocycles. The van der Waals surface area contributed by atoms with Gasteiger partial charge in [-0.1, -0.05) is 140 Å². The summed E-state index contributed by atoms with van der Waals surface area (Å²) in [5.74, 6) is -0.450. The molecular formula is C40H72O13S3. The quantitative estimate of drug-likeness (QED) is 0.0896. The van der Waals surface area contributed by atoms with E-state index in [4.69, 9.17) is 17.3 Å². The second-order valence-corrected chi connectivity index (χ2v) is 19.1. The van der Waals surface area contributed by atoms with Crippen molar-refractivity contribution in [1.29, 1.82) is 0 Å². The van der Waals surface area contributed by atoms with E-state index in [0.29, 0.717) is 25.7 Å². The topological polar surface area (TPSA) is 186 Å². The van der Waals surface area contributed by atoms with Crippen molar-refractivity contribution >= 4 is 37.2 Å². The number of hydrogen-bond acceptors (Lipinski definition) is 12. The number of allylic oxidation sites excluding steroid dienone is 3. The third kappa shape index (κ3) is 28.1. The van der Waals surface area contributed by atoms with E-state index in [9.17, 15) is 34.6 Å². The monoisotopic (exact) mass is 856 g/mol. The van der Waals surface area contributed by atoms with Crippen molar-refractivity contribution in [2.45, 2.75) is 224 Å². The summed E-state index contributed by atoms with van der Waals surface area (Å²) in [6, 6.07) is 0. The van der Waals surface area contributed by atoms with Crippen LogP contribution < -0.4 is 0 Å². The fourth-order valence-electron chi connectivity index (χ4n) is 7.46. The Bertz CT molecular complexity index is 1430. The highest BCUT2D eigenvalue weighted by atomic mass is 32.3. The fourth-order valence-corrected chi connectivity index (χ4v) is 10.1. The maximum atomic E-state index is 12.8. The van der Waals surface area contributed by atoms with Crippen LogP contribution in [0.1, 0.15) is 200 Å². The SMILES string of the molecule is C/C=C/CCCCCC[C@@H](C[C@@H]1CCCCCCCCCCC[C@H]2C[C@@H](CCCCCCCCCCC/C=C/C(=O)O1)OS(=O)(=O)OS(=O)(=O)O2)OS(=O)(=O)O. The molecule has 0 amide bonds. The molecular weight excluding hydrogens is 785 g/mol. The number of ether oxygens (including phenoxy) is 1. The lowest BCUT2D eigenvalue weighted by Crippen LogP contribution is -2.34. The van der Waals surface area contributed by atoms with Crippen LogP contribution in [0.15, 0.2) is 24.3 Å². The average molecular weight is 857 g/mol. The third-order valence-corrected chi connectivity index (χ3v) is 13.2. The van der Waals surface area contributed by atoms with Crippen molar-refractivity contribution in [2.24, 2.45) is 0 Å². The minimum absolute atomic E-state index is 0.169. The molecule has 16 heteroatoms. The van der Waals surface area contributed by atoms with Crippen LogP contribution in [0.2, 0.25) is 0 Å². The van der Waals surface area contributed by atoms with Gasteiger partial charge in [-0.15, -0.1) is 3.63 Å².